The van der Waals surface area contributed by atoms with Gasteiger partial charge in [0.2, 0.25) is 65.0 Å². The summed E-state index contributed by atoms with van der Waals surface area (Å²) in [7, 11) is -3.96. The van der Waals surface area contributed by atoms with Crippen LogP contribution in [-0.4, -0.2) is 207 Å². The summed E-state index contributed by atoms with van der Waals surface area (Å²) in [4.78, 5) is 155. The van der Waals surface area contributed by atoms with E-state index in [1.165, 1.54) is 6.92 Å². The molecule has 24 N–H and O–H groups in total. The number of amides is 11. The molecule has 0 bridgehead atoms. The second-order valence-corrected chi connectivity index (χ2v) is 24.3. The van der Waals surface area contributed by atoms with E-state index < -0.39 is 165 Å². The number of aliphatic hydroxyl groups is 2. The summed E-state index contributed by atoms with van der Waals surface area (Å²) in [6.45, 7) is 7.80. The molecule has 0 spiro atoms. The molecule has 516 valence electrons. The van der Waals surface area contributed by atoms with Crippen LogP contribution in [0.4, 0.5) is 0 Å². The average Bonchev–Trinajstić information content (AvgIpc) is 1.71. The van der Waals surface area contributed by atoms with E-state index in [0.717, 1.165) is 19.8 Å². The number of aliphatic hydroxyl groups excluding tert-OH is 2. The molecule has 1 aliphatic rings. The normalized spacial score (nSPS) is 22.0. The average molecular weight is 1310 g/mol. The van der Waals surface area contributed by atoms with Gasteiger partial charge >= 0.3 is 7.75 Å². The Hall–Kier alpha value is -6.78. The number of hydrogen-bond donors (Lipinski definition) is 19. The third-order valence-electron chi connectivity index (χ3n) is 14.2. The van der Waals surface area contributed by atoms with E-state index in [1.807, 2.05) is 13.8 Å². The van der Waals surface area contributed by atoms with Crippen molar-refractivity contribution >= 4 is 72.7 Å². The fourth-order valence-corrected chi connectivity index (χ4v) is 10.4. The Morgan fingerprint density at radius 2 is 1.07 bits per heavy atom. The lowest BCUT2D eigenvalue weighted by atomic mass is 10.00. The predicted octanol–water partition coefficient (Wildman–Crippen LogP) is -5.52. The molecule has 34 heteroatoms. The first-order valence-corrected chi connectivity index (χ1v) is 32.6. The number of benzene rings is 1. The molecular weight excluding hydrogens is 1210 g/mol. The van der Waals surface area contributed by atoms with Crippen LogP contribution in [0.3, 0.4) is 0 Å². The lowest BCUT2D eigenvalue weighted by Gasteiger charge is -2.29. The Kier molecular flexibility index (Phi) is 38.1. The van der Waals surface area contributed by atoms with Crippen molar-refractivity contribution in [2.75, 3.05) is 59.0 Å². The second kappa shape index (κ2) is 43.1. The summed E-state index contributed by atoms with van der Waals surface area (Å²) < 4.78 is 24.3. The highest BCUT2D eigenvalue weighted by atomic mass is 31.2. The number of rotatable bonds is 34. The predicted molar refractivity (Wildman–Crippen MR) is 336 cm³/mol. The third kappa shape index (κ3) is 29.6. The lowest BCUT2D eigenvalue weighted by Crippen LogP contribution is -2.62. The van der Waals surface area contributed by atoms with Crippen molar-refractivity contribution in [1.82, 2.24) is 63.6 Å². The molecule has 12 atom stereocenters. The van der Waals surface area contributed by atoms with Crippen molar-refractivity contribution in [3.63, 3.8) is 0 Å². The van der Waals surface area contributed by atoms with Crippen molar-refractivity contribution < 1.29 is 76.6 Å². The molecular formula is C57H102N17O16P. The Balaban J connectivity index is 2.65. The first kappa shape index (κ1) is 80.3. The Morgan fingerprint density at radius 1 is 0.593 bits per heavy atom. The van der Waals surface area contributed by atoms with Crippen LogP contribution in [0.2, 0.25) is 0 Å². The molecule has 1 aliphatic heterocycles. The van der Waals surface area contributed by atoms with Crippen molar-refractivity contribution in [3.8, 4) is 0 Å². The zero-order valence-electron chi connectivity index (χ0n) is 53.2. The van der Waals surface area contributed by atoms with Gasteiger partial charge in [-0.2, -0.15) is 0 Å². The van der Waals surface area contributed by atoms with Crippen LogP contribution in [0.5, 0.6) is 0 Å². The number of carbonyl (C=O) groups is 11. The van der Waals surface area contributed by atoms with E-state index in [9.17, 15) is 67.5 Å². The van der Waals surface area contributed by atoms with Gasteiger partial charge in [-0.3, -0.25) is 61.8 Å². The van der Waals surface area contributed by atoms with Crippen LogP contribution < -0.4 is 92.2 Å². The first-order chi connectivity index (χ1) is 43.2. The van der Waals surface area contributed by atoms with Gasteiger partial charge in [-0.1, -0.05) is 70.9 Å². The molecule has 1 heterocycles. The minimum atomic E-state index is -3.96. The smallest absolute Gasteiger partial charge is 0.391 e. The minimum Gasteiger partial charge on any atom is -0.391 e. The number of nitrogens with one attached hydrogen (secondary N) is 12. The summed E-state index contributed by atoms with van der Waals surface area (Å²) in [6, 6.07) is -6.86. The topological polar surface area (TPSA) is 538 Å². The fraction of sp³-hybridized carbons (Fsp3) is 0.702. The number of unbranched alkanes of at least 4 members (excludes halogenated alkanes) is 2. The van der Waals surface area contributed by atoms with Gasteiger partial charge in [-0.05, 0) is 116 Å². The molecule has 0 saturated carbocycles. The Bertz CT molecular complexity index is 2520. The highest BCUT2D eigenvalue weighted by Gasteiger charge is 2.38. The lowest BCUT2D eigenvalue weighted by molar-refractivity contribution is -0.137. The maximum atomic E-state index is 14.6. The van der Waals surface area contributed by atoms with E-state index in [1.54, 1.807) is 44.2 Å². The summed E-state index contributed by atoms with van der Waals surface area (Å²) in [5, 5.41) is 51.9. The third-order valence-corrected chi connectivity index (χ3v) is 15.7. The van der Waals surface area contributed by atoms with Crippen LogP contribution >= 0.6 is 7.75 Å². The molecule has 0 radical (unpaired) electrons. The van der Waals surface area contributed by atoms with Crippen LogP contribution in [0.15, 0.2) is 30.3 Å². The molecule has 1 fully saturated rings. The van der Waals surface area contributed by atoms with Gasteiger partial charge in [-0.25, -0.2) is 9.65 Å². The van der Waals surface area contributed by atoms with Crippen LogP contribution in [0.1, 0.15) is 118 Å². The van der Waals surface area contributed by atoms with Gasteiger partial charge in [0.25, 0.3) is 0 Å². The molecule has 1 aromatic rings. The van der Waals surface area contributed by atoms with Gasteiger partial charge in [0.15, 0.2) is 0 Å². The first-order valence-electron chi connectivity index (χ1n) is 31.1. The van der Waals surface area contributed by atoms with Crippen molar-refractivity contribution in [2.24, 2.45) is 34.6 Å². The maximum Gasteiger partial charge on any atom is 0.405 e. The molecule has 1 aromatic carbocycles. The number of carbonyl (C=O) groups excluding carboxylic acids is 11. The molecule has 33 nitrogen and oxygen atoms in total. The number of hydrogen-bond acceptors (Lipinski definition) is 21. The van der Waals surface area contributed by atoms with E-state index in [4.69, 9.17) is 37.7 Å². The fourth-order valence-electron chi connectivity index (χ4n) is 9.07. The monoisotopic (exact) mass is 1310 g/mol. The molecule has 2 rings (SSSR count). The highest BCUT2D eigenvalue weighted by Crippen LogP contribution is 2.43. The quantitative estimate of drug-likeness (QED) is 0.0226. The molecule has 1 saturated heterocycles. The second-order valence-electron chi connectivity index (χ2n) is 22.5. The Morgan fingerprint density at radius 3 is 1.55 bits per heavy atom. The van der Waals surface area contributed by atoms with Gasteiger partial charge in [0, 0.05) is 13.0 Å². The summed E-state index contributed by atoms with van der Waals surface area (Å²) in [6.07, 6.45) is -2.38. The molecule has 11 amide bonds. The summed E-state index contributed by atoms with van der Waals surface area (Å²) >= 11 is 0. The van der Waals surface area contributed by atoms with Gasteiger partial charge < -0.3 is 97.4 Å². The number of nitrogens with two attached hydrogens (primary N) is 5. The van der Waals surface area contributed by atoms with Crippen LogP contribution in [0.25, 0.3) is 0 Å². The SMILES string of the molecule is CCCCOP(=O)(NCC(=O)N[C@@H](CCN)C(=O)N[C@H](C(=O)N[C@@H](CCN)C(=O)N[C@H]1CCNC(=O)C(C(C)O)NC(=O)[C@H](CCN)NC(=O)[C@H](CCN)NC(=O)[C@H](CC(C)C)NC(=O)[C@@H](Cc2ccccc2)NC(=O)[C@H](CCN)NC1=O)C(C)O)OCCCC. The van der Waals surface area contributed by atoms with Gasteiger partial charge in [0.1, 0.15) is 60.4 Å². The van der Waals surface area contributed by atoms with Crippen molar-refractivity contribution in [2.45, 2.75) is 191 Å². The minimum absolute atomic E-state index is 0.0304. The van der Waals surface area contributed by atoms with E-state index in [2.05, 4.69) is 63.6 Å². The summed E-state index contributed by atoms with van der Waals surface area (Å²) in [5.41, 5.74) is 29.9. The highest BCUT2D eigenvalue weighted by molar-refractivity contribution is 7.51. The van der Waals surface area contributed by atoms with Gasteiger partial charge in [-0.15, -0.1) is 0 Å². The molecule has 3 unspecified atom stereocenters. The van der Waals surface area contributed by atoms with Crippen molar-refractivity contribution in [3.05, 3.63) is 35.9 Å². The zero-order chi connectivity index (χ0) is 68.2. The maximum absolute atomic E-state index is 14.6. The Labute approximate surface area is 531 Å². The zero-order valence-corrected chi connectivity index (χ0v) is 54.1. The molecule has 91 heavy (non-hydrogen) atoms. The largest absolute Gasteiger partial charge is 0.405 e. The van der Waals surface area contributed by atoms with Crippen molar-refractivity contribution in [1.29, 1.82) is 0 Å². The van der Waals surface area contributed by atoms with E-state index >= 15 is 0 Å². The summed E-state index contributed by atoms with van der Waals surface area (Å²) in [5.74, 6) is -10.8. The van der Waals surface area contributed by atoms with Crippen LogP contribution in [-0.2, 0) is 72.8 Å². The standard InChI is InChI=1S/C57H102N17O16P/c1-7-9-28-89-91(88,90-29-10-8-2)64-32-45(77)65-37(16-22-58)52(82)74-47(35(6)76)57(87)70-40(19-25-61)49(79)69-42-21-27-63-56(86)46(34(5)75)73-53(83)41(20-26-62)67-48(78)38(17-23-59)68-54(84)43(30-33(3)4)71-55(85)44(31-36-14-12-11-13-15-36)72-50(80)39(18-24-60)66-51(42)81/h11-15,33-35,37-44,46-47,75-76H,7-10,16-32,58-62H2,1-6H3,(H,63,86)(H,64,88)(H,65,77)(H,66,81)(H,67,78)(H,68,84)(H,69,79)(H,70,87)(H,71,85)(H,72,80)(H,73,83)(H,74,82)/t34?,35?,37-,38-,39-,40-,41-,42-,43-,44+,46?,47-/m0/s1. The van der Waals surface area contributed by atoms with Gasteiger partial charge in [0.05, 0.1) is 32.0 Å². The molecule has 0 aromatic heterocycles. The molecule has 0 aliphatic carbocycles. The van der Waals surface area contributed by atoms with Crippen LogP contribution in [0, 0.1) is 5.92 Å². The van der Waals surface area contributed by atoms with E-state index in [-0.39, 0.29) is 96.8 Å². The van der Waals surface area contributed by atoms with E-state index in [0.29, 0.717) is 18.4 Å².